The van der Waals surface area contributed by atoms with Crippen molar-refractivity contribution in [2.24, 2.45) is 5.41 Å². The summed E-state index contributed by atoms with van der Waals surface area (Å²) >= 11 is 0. The summed E-state index contributed by atoms with van der Waals surface area (Å²) in [6.45, 7) is 9.26. The minimum absolute atomic E-state index is 0.109. The van der Waals surface area contributed by atoms with Gasteiger partial charge in [0, 0.05) is 0 Å². The van der Waals surface area contributed by atoms with Crippen molar-refractivity contribution < 1.29 is 4.65 Å². The molecule has 5 rings (SSSR count). The van der Waals surface area contributed by atoms with Crippen molar-refractivity contribution in [3.05, 3.63) is 54.6 Å². The van der Waals surface area contributed by atoms with Crippen LogP contribution in [0.4, 0.5) is 0 Å². The summed E-state index contributed by atoms with van der Waals surface area (Å²) in [5, 5.41) is 8.08. The molecule has 4 aromatic rings. The van der Waals surface area contributed by atoms with Crippen molar-refractivity contribution in [1.82, 2.24) is 0 Å². The first kappa shape index (κ1) is 15.2. The number of benzene rings is 4. The van der Waals surface area contributed by atoms with Crippen molar-refractivity contribution in [1.29, 1.82) is 0 Å². The third-order valence-corrected chi connectivity index (χ3v) is 6.67. The van der Waals surface area contributed by atoms with Crippen LogP contribution < -0.4 is 5.46 Å². The Morgan fingerprint density at radius 1 is 0.760 bits per heavy atom. The molecule has 1 aliphatic heterocycles. The molecule has 0 atom stereocenters. The Kier molecular flexibility index (Phi) is 2.90. The molecule has 0 radical (unpaired) electrons. The highest BCUT2D eigenvalue weighted by atomic mass is 16.5. The van der Waals surface area contributed by atoms with E-state index in [1.807, 2.05) is 0 Å². The van der Waals surface area contributed by atoms with Crippen LogP contribution in [-0.2, 0) is 4.65 Å². The lowest BCUT2D eigenvalue weighted by Gasteiger charge is -2.34. The van der Waals surface area contributed by atoms with Gasteiger partial charge in [-0.1, -0.05) is 68.4 Å². The Bertz CT molecular complexity index is 1080. The van der Waals surface area contributed by atoms with Gasteiger partial charge in [0.05, 0.1) is 5.60 Å². The van der Waals surface area contributed by atoms with Crippen LogP contribution in [0, 0.1) is 5.41 Å². The van der Waals surface area contributed by atoms with E-state index in [4.69, 9.17) is 4.65 Å². The molecule has 0 amide bonds. The van der Waals surface area contributed by atoms with E-state index in [1.165, 1.54) is 37.8 Å². The quantitative estimate of drug-likeness (QED) is 0.326. The lowest BCUT2D eigenvalue weighted by atomic mass is 9.53. The lowest BCUT2D eigenvalue weighted by molar-refractivity contribution is 0.0376. The van der Waals surface area contributed by atoms with Crippen molar-refractivity contribution in [3.63, 3.8) is 0 Å². The van der Waals surface area contributed by atoms with Crippen LogP contribution in [0.3, 0.4) is 0 Å². The van der Waals surface area contributed by atoms with Crippen LogP contribution in [0.5, 0.6) is 0 Å². The molecule has 0 N–H and O–H groups in total. The molecular formula is C23H23BO. The fraction of sp³-hybridized carbons (Fsp3) is 0.304. The predicted octanol–water partition coefficient (Wildman–Crippen LogP) is 5.62. The maximum Gasteiger partial charge on any atom is 0.328 e. The first-order chi connectivity index (χ1) is 11.9. The van der Waals surface area contributed by atoms with E-state index in [0.29, 0.717) is 0 Å². The second-order valence-corrected chi connectivity index (χ2v) is 8.72. The smallest absolute Gasteiger partial charge is 0.328 e. The van der Waals surface area contributed by atoms with Crippen molar-refractivity contribution in [3.8, 4) is 0 Å². The summed E-state index contributed by atoms with van der Waals surface area (Å²) in [4.78, 5) is 0. The van der Waals surface area contributed by atoms with E-state index in [0.717, 1.165) is 6.32 Å². The van der Waals surface area contributed by atoms with Crippen molar-refractivity contribution in [2.45, 2.75) is 39.6 Å². The van der Waals surface area contributed by atoms with Gasteiger partial charge < -0.3 is 4.65 Å². The molecule has 0 spiro atoms. The normalized spacial score (nSPS) is 19.4. The van der Waals surface area contributed by atoms with E-state index < -0.39 is 0 Å². The van der Waals surface area contributed by atoms with Crippen LogP contribution in [-0.4, -0.2) is 12.5 Å². The second-order valence-electron chi connectivity index (χ2n) is 8.72. The highest BCUT2D eigenvalue weighted by Gasteiger charge is 2.50. The van der Waals surface area contributed by atoms with Gasteiger partial charge in [0.25, 0.3) is 0 Å². The van der Waals surface area contributed by atoms with E-state index in [1.54, 1.807) is 0 Å². The molecule has 0 saturated carbocycles. The first-order valence-corrected chi connectivity index (χ1v) is 9.22. The monoisotopic (exact) mass is 326 g/mol. The Morgan fingerprint density at radius 3 is 2.00 bits per heavy atom. The molecule has 1 heterocycles. The van der Waals surface area contributed by atoms with E-state index in [-0.39, 0.29) is 17.9 Å². The topological polar surface area (TPSA) is 9.23 Å². The van der Waals surface area contributed by atoms with Crippen molar-refractivity contribution >= 4 is 44.7 Å². The van der Waals surface area contributed by atoms with Crippen LogP contribution >= 0.6 is 0 Å². The number of hydrogen-bond acceptors (Lipinski definition) is 1. The summed E-state index contributed by atoms with van der Waals surface area (Å²) in [5.41, 5.74) is 1.40. The molecule has 0 unspecified atom stereocenters. The maximum atomic E-state index is 6.54. The molecule has 1 aliphatic rings. The molecule has 2 heteroatoms. The van der Waals surface area contributed by atoms with Gasteiger partial charge in [-0.25, -0.2) is 0 Å². The number of rotatable bonds is 1. The minimum atomic E-state index is -0.109. The molecule has 124 valence electrons. The van der Waals surface area contributed by atoms with Gasteiger partial charge in [0.1, 0.15) is 0 Å². The molecule has 0 bridgehead atoms. The third kappa shape index (κ3) is 2.01. The summed E-state index contributed by atoms with van der Waals surface area (Å²) in [6, 6.07) is 20.2. The van der Waals surface area contributed by atoms with E-state index in [9.17, 15) is 0 Å². The van der Waals surface area contributed by atoms with Gasteiger partial charge in [-0.05, 0) is 63.4 Å². The zero-order valence-electron chi connectivity index (χ0n) is 15.4. The maximum absolute atomic E-state index is 6.54. The van der Waals surface area contributed by atoms with Crippen LogP contribution in [0.2, 0.25) is 6.32 Å². The van der Waals surface area contributed by atoms with Gasteiger partial charge in [0.15, 0.2) is 0 Å². The first-order valence-electron chi connectivity index (χ1n) is 9.22. The SMILES string of the molecule is CC1(C)CB(c2ccc3ccc4cccc5ccc2c3c45)OC1(C)C. The molecule has 0 aliphatic carbocycles. The van der Waals surface area contributed by atoms with E-state index in [2.05, 4.69) is 82.3 Å². The van der Waals surface area contributed by atoms with Crippen LogP contribution in [0.1, 0.15) is 27.7 Å². The van der Waals surface area contributed by atoms with Crippen LogP contribution in [0.15, 0.2) is 54.6 Å². The van der Waals surface area contributed by atoms with Gasteiger partial charge >= 0.3 is 6.92 Å². The van der Waals surface area contributed by atoms with Gasteiger partial charge in [-0.2, -0.15) is 0 Å². The molecule has 4 aromatic carbocycles. The summed E-state index contributed by atoms with van der Waals surface area (Å²) in [6.07, 6.45) is 1.06. The van der Waals surface area contributed by atoms with Gasteiger partial charge in [0.2, 0.25) is 0 Å². The molecule has 1 fully saturated rings. The Hall–Kier alpha value is -2.06. The van der Waals surface area contributed by atoms with Crippen molar-refractivity contribution in [2.75, 3.05) is 0 Å². The van der Waals surface area contributed by atoms with E-state index >= 15 is 0 Å². The Morgan fingerprint density at radius 2 is 1.36 bits per heavy atom. The predicted molar refractivity (Wildman–Crippen MR) is 109 cm³/mol. The summed E-state index contributed by atoms with van der Waals surface area (Å²) in [5.74, 6) is 0. The lowest BCUT2D eigenvalue weighted by Crippen LogP contribution is -2.36. The molecule has 1 saturated heterocycles. The molecule has 1 nitrogen and oxygen atoms in total. The molecule has 25 heavy (non-hydrogen) atoms. The highest BCUT2D eigenvalue weighted by molar-refractivity contribution is 6.71. The summed E-state index contributed by atoms with van der Waals surface area (Å²) < 4.78 is 6.54. The zero-order chi connectivity index (χ0) is 17.4. The average Bonchev–Trinajstić information content (AvgIpc) is 2.80. The number of hydrogen-bond donors (Lipinski definition) is 0. The molecular weight excluding hydrogens is 303 g/mol. The third-order valence-electron chi connectivity index (χ3n) is 6.67. The van der Waals surface area contributed by atoms with Crippen LogP contribution in [0.25, 0.3) is 32.3 Å². The molecule has 0 aromatic heterocycles. The Balaban J connectivity index is 1.81. The largest absolute Gasteiger partial charge is 0.426 e. The second kappa shape index (κ2) is 4.77. The van der Waals surface area contributed by atoms with Gasteiger partial charge in [-0.15, -0.1) is 0 Å². The fourth-order valence-corrected chi connectivity index (χ4v) is 4.48. The van der Waals surface area contributed by atoms with Gasteiger partial charge in [-0.3, -0.25) is 0 Å². The zero-order valence-corrected chi connectivity index (χ0v) is 15.4. The minimum Gasteiger partial charge on any atom is -0.426 e. The summed E-state index contributed by atoms with van der Waals surface area (Å²) in [7, 11) is 0. The fourth-order valence-electron chi connectivity index (χ4n) is 4.48. The highest BCUT2D eigenvalue weighted by Crippen LogP contribution is 2.45. The Labute approximate surface area is 149 Å². The average molecular weight is 326 g/mol. The standard InChI is InChI=1S/C23H23BO/c1-22(2)14-24(25-23(22,3)4)19-13-11-17-9-8-15-6-5-7-16-10-12-18(19)21(17)20(15)16/h5-13H,14H2,1-4H3.